The molecule has 0 bridgehead atoms. The Labute approximate surface area is 139 Å². The standard InChI is InChI=1S/C17H21FN2O4/c18-14-2-1-5-19-15(14)23-9-13-4-7-24-17(13)10-20(11-17)16(21)12-3-6-22-8-12/h1-2,5,12-13H,3-4,6-11H2/t12-,13+/m0/s1. The summed E-state index contributed by atoms with van der Waals surface area (Å²) in [5.41, 5.74) is -0.347. The van der Waals surface area contributed by atoms with Crippen LogP contribution >= 0.6 is 0 Å². The summed E-state index contributed by atoms with van der Waals surface area (Å²) in [5.74, 6) is -0.153. The molecule has 130 valence electrons. The molecule has 1 aromatic rings. The van der Waals surface area contributed by atoms with Gasteiger partial charge in [0.1, 0.15) is 5.60 Å². The van der Waals surface area contributed by atoms with Crippen LogP contribution in [0.2, 0.25) is 0 Å². The zero-order valence-electron chi connectivity index (χ0n) is 13.4. The molecule has 6 nitrogen and oxygen atoms in total. The third-order valence-electron chi connectivity index (χ3n) is 5.25. The van der Waals surface area contributed by atoms with Gasteiger partial charge in [0.2, 0.25) is 11.8 Å². The number of rotatable bonds is 4. The smallest absolute Gasteiger partial charge is 0.250 e. The van der Waals surface area contributed by atoms with Crippen molar-refractivity contribution in [3.8, 4) is 5.88 Å². The van der Waals surface area contributed by atoms with E-state index in [0.29, 0.717) is 39.5 Å². The Morgan fingerprint density at radius 1 is 1.42 bits per heavy atom. The highest BCUT2D eigenvalue weighted by atomic mass is 19.1. The third-order valence-corrected chi connectivity index (χ3v) is 5.25. The molecule has 4 rings (SSSR count). The van der Waals surface area contributed by atoms with Gasteiger partial charge in [-0.2, -0.15) is 0 Å². The van der Waals surface area contributed by atoms with Crippen LogP contribution in [0.4, 0.5) is 4.39 Å². The molecule has 0 unspecified atom stereocenters. The van der Waals surface area contributed by atoms with Crippen molar-refractivity contribution in [3.05, 3.63) is 24.1 Å². The van der Waals surface area contributed by atoms with Crippen LogP contribution in [0.5, 0.6) is 5.88 Å². The van der Waals surface area contributed by atoms with E-state index >= 15 is 0 Å². The van der Waals surface area contributed by atoms with Gasteiger partial charge in [0.05, 0.1) is 32.2 Å². The lowest BCUT2D eigenvalue weighted by Gasteiger charge is -2.50. The number of hydrogen-bond acceptors (Lipinski definition) is 5. The van der Waals surface area contributed by atoms with Crippen molar-refractivity contribution in [1.29, 1.82) is 0 Å². The number of carbonyl (C=O) groups excluding carboxylic acids is 1. The van der Waals surface area contributed by atoms with Gasteiger partial charge in [0, 0.05) is 25.3 Å². The first kappa shape index (κ1) is 15.8. The predicted molar refractivity (Wildman–Crippen MR) is 82.0 cm³/mol. The van der Waals surface area contributed by atoms with Gasteiger partial charge in [-0.1, -0.05) is 0 Å². The molecule has 1 spiro atoms. The van der Waals surface area contributed by atoms with Gasteiger partial charge in [0.15, 0.2) is 5.82 Å². The monoisotopic (exact) mass is 336 g/mol. The van der Waals surface area contributed by atoms with Crippen molar-refractivity contribution in [2.75, 3.05) is 39.5 Å². The summed E-state index contributed by atoms with van der Waals surface area (Å²) >= 11 is 0. The Morgan fingerprint density at radius 2 is 2.29 bits per heavy atom. The summed E-state index contributed by atoms with van der Waals surface area (Å²) in [4.78, 5) is 18.2. The number of ether oxygens (including phenoxy) is 3. The van der Waals surface area contributed by atoms with E-state index in [2.05, 4.69) is 4.98 Å². The summed E-state index contributed by atoms with van der Waals surface area (Å²) < 4.78 is 30.4. The maximum absolute atomic E-state index is 13.6. The molecule has 24 heavy (non-hydrogen) atoms. The molecule has 0 N–H and O–H groups in total. The minimum absolute atomic E-state index is 0.0129. The number of pyridine rings is 1. The highest BCUT2D eigenvalue weighted by Gasteiger charge is 2.55. The number of likely N-dealkylation sites (tertiary alicyclic amines) is 1. The summed E-state index contributed by atoms with van der Waals surface area (Å²) in [6.07, 6.45) is 3.16. The van der Waals surface area contributed by atoms with Gasteiger partial charge in [-0.15, -0.1) is 0 Å². The van der Waals surface area contributed by atoms with Crippen LogP contribution in [0.1, 0.15) is 12.8 Å². The Kier molecular flexibility index (Phi) is 4.14. The van der Waals surface area contributed by atoms with Gasteiger partial charge in [-0.05, 0) is 25.0 Å². The van der Waals surface area contributed by atoms with E-state index in [1.165, 1.54) is 18.3 Å². The Balaban J connectivity index is 1.34. The van der Waals surface area contributed by atoms with Crippen molar-refractivity contribution in [2.45, 2.75) is 18.4 Å². The second-order valence-electron chi connectivity index (χ2n) is 6.76. The molecular weight excluding hydrogens is 315 g/mol. The average molecular weight is 336 g/mol. The number of aromatic nitrogens is 1. The van der Waals surface area contributed by atoms with Crippen molar-refractivity contribution in [2.24, 2.45) is 11.8 Å². The average Bonchev–Trinajstić information content (AvgIpc) is 3.21. The van der Waals surface area contributed by atoms with Crippen LogP contribution in [-0.4, -0.2) is 60.9 Å². The lowest BCUT2D eigenvalue weighted by atomic mass is 9.80. The molecule has 3 fully saturated rings. The number of carbonyl (C=O) groups is 1. The lowest BCUT2D eigenvalue weighted by Crippen LogP contribution is -2.67. The minimum atomic E-state index is -0.461. The first-order valence-electron chi connectivity index (χ1n) is 8.42. The number of nitrogens with zero attached hydrogens (tertiary/aromatic N) is 2. The maximum Gasteiger partial charge on any atom is 0.250 e. The van der Waals surface area contributed by atoms with Crippen LogP contribution in [-0.2, 0) is 14.3 Å². The normalized spacial score (nSPS) is 28.1. The molecule has 1 amide bonds. The van der Waals surface area contributed by atoms with Gasteiger partial charge >= 0.3 is 0 Å². The topological polar surface area (TPSA) is 60.9 Å². The zero-order valence-corrected chi connectivity index (χ0v) is 13.4. The molecule has 4 heterocycles. The summed E-state index contributed by atoms with van der Waals surface area (Å²) in [6.45, 7) is 3.35. The highest BCUT2D eigenvalue weighted by Crippen LogP contribution is 2.41. The van der Waals surface area contributed by atoms with Gasteiger partial charge in [0.25, 0.3) is 0 Å². The maximum atomic E-state index is 13.6. The fourth-order valence-corrected chi connectivity index (χ4v) is 3.77. The fourth-order valence-electron chi connectivity index (χ4n) is 3.77. The van der Waals surface area contributed by atoms with Gasteiger partial charge in [-0.25, -0.2) is 9.37 Å². The third kappa shape index (κ3) is 2.75. The molecule has 3 aliphatic heterocycles. The van der Waals surface area contributed by atoms with Gasteiger partial charge in [-0.3, -0.25) is 4.79 Å². The van der Waals surface area contributed by atoms with Crippen molar-refractivity contribution in [1.82, 2.24) is 9.88 Å². The van der Waals surface area contributed by atoms with E-state index in [4.69, 9.17) is 14.2 Å². The zero-order chi connectivity index (χ0) is 16.6. The lowest BCUT2D eigenvalue weighted by molar-refractivity contribution is -0.170. The van der Waals surface area contributed by atoms with Crippen LogP contribution < -0.4 is 4.74 Å². The second kappa shape index (κ2) is 6.29. The first-order chi connectivity index (χ1) is 11.7. The largest absolute Gasteiger partial charge is 0.475 e. The van der Waals surface area contributed by atoms with E-state index in [1.54, 1.807) is 0 Å². The molecule has 0 saturated carbocycles. The van der Waals surface area contributed by atoms with Crippen LogP contribution in [0, 0.1) is 17.7 Å². The predicted octanol–water partition coefficient (Wildman–Crippen LogP) is 1.25. The van der Waals surface area contributed by atoms with Crippen molar-refractivity contribution >= 4 is 5.91 Å². The van der Waals surface area contributed by atoms with Crippen LogP contribution in [0.3, 0.4) is 0 Å². The van der Waals surface area contributed by atoms with Crippen LogP contribution in [0.25, 0.3) is 0 Å². The molecule has 7 heteroatoms. The molecular formula is C17H21FN2O4. The molecule has 2 atom stereocenters. The highest BCUT2D eigenvalue weighted by molar-refractivity contribution is 5.80. The summed E-state index contributed by atoms with van der Waals surface area (Å²) in [7, 11) is 0. The number of amides is 1. The summed E-state index contributed by atoms with van der Waals surface area (Å²) in [6, 6.07) is 2.86. The second-order valence-corrected chi connectivity index (χ2v) is 6.76. The van der Waals surface area contributed by atoms with E-state index in [9.17, 15) is 9.18 Å². The van der Waals surface area contributed by atoms with E-state index in [-0.39, 0.29) is 29.2 Å². The molecule has 1 aromatic heterocycles. The first-order valence-corrected chi connectivity index (χ1v) is 8.42. The van der Waals surface area contributed by atoms with Gasteiger partial charge < -0.3 is 19.1 Å². The van der Waals surface area contributed by atoms with Crippen molar-refractivity contribution in [3.63, 3.8) is 0 Å². The van der Waals surface area contributed by atoms with Crippen molar-refractivity contribution < 1.29 is 23.4 Å². The van der Waals surface area contributed by atoms with E-state index in [1.807, 2.05) is 4.90 Å². The SMILES string of the molecule is O=C([C@H]1CCOC1)N1CC2(C1)OCC[C@@H]2COc1ncccc1F. The molecule has 3 aliphatic rings. The number of hydrogen-bond donors (Lipinski definition) is 0. The van der Waals surface area contributed by atoms with Crippen LogP contribution in [0.15, 0.2) is 18.3 Å². The fraction of sp³-hybridized carbons (Fsp3) is 0.647. The Hall–Kier alpha value is -1.73. The quantitative estimate of drug-likeness (QED) is 0.828. The molecule has 0 aromatic carbocycles. The van der Waals surface area contributed by atoms with E-state index < -0.39 is 5.82 Å². The molecule has 3 saturated heterocycles. The summed E-state index contributed by atoms with van der Waals surface area (Å²) in [5, 5.41) is 0. The Morgan fingerprint density at radius 3 is 3.04 bits per heavy atom. The Bertz CT molecular complexity index is 614. The molecule has 0 radical (unpaired) electrons. The molecule has 0 aliphatic carbocycles. The number of halogens is 1. The van der Waals surface area contributed by atoms with E-state index in [0.717, 1.165) is 12.8 Å². The minimum Gasteiger partial charge on any atom is -0.475 e.